The maximum atomic E-state index is 13.6. The minimum absolute atomic E-state index is 0.0491. The zero-order valence-corrected chi connectivity index (χ0v) is 11.9. The van der Waals surface area contributed by atoms with Crippen molar-refractivity contribution in [3.05, 3.63) is 57.5 Å². The van der Waals surface area contributed by atoms with Crippen molar-refractivity contribution in [1.82, 2.24) is 5.32 Å². The molecule has 20 heavy (non-hydrogen) atoms. The fourth-order valence-electron chi connectivity index (χ4n) is 1.95. The Labute approximate surface area is 121 Å². The number of thiophene rings is 1. The number of rotatable bonds is 6. The Hall–Kier alpha value is -1.72. The van der Waals surface area contributed by atoms with Crippen LogP contribution in [0, 0.1) is 5.82 Å². The second kappa shape index (κ2) is 6.63. The Morgan fingerprint density at radius 2 is 2.00 bits per heavy atom. The molecule has 0 radical (unpaired) electrons. The van der Waals surface area contributed by atoms with E-state index < -0.39 is 5.97 Å². The molecule has 0 fully saturated rings. The highest BCUT2D eigenvalue weighted by Crippen LogP contribution is 2.20. The summed E-state index contributed by atoms with van der Waals surface area (Å²) in [6.07, 6.45) is 0.0491. The highest BCUT2D eigenvalue weighted by atomic mass is 32.1. The summed E-state index contributed by atoms with van der Waals surface area (Å²) >= 11 is 1.47. The van der Waals surface area contributed by atoms with E-state index in [4.69, 9.17) is 5.11 Å². The van der Waals surface area contributed by atoms with Crippen LogP contribution in [0.3, 0.4) is 0 Å². The Kier molecular flexibility index (Phi) is 4.87. The van der Waals surface area contributed by atoms with Crippen LogP contribution in [0.2, 0.25) is 0 Å². The first-order valence-electron chi connectivity index (χ1n) is 6.33. The summed E-state index contributed by atoms with van der Waals surface area (Å²) in [5, 5.41) is 12.0. The van der Waals surface area contributed by atoms with Gasteiger partial charge in [0.05, 0.1) is 6.42 Å². The molecule has 3 nitrogen and oxygen atoms in total. The van der Waals surface area contributed by atoms with E-state index in [1.807, 2.05) is 25.1 Å². The zero-order valence-electron chi connectivity index (χ0n) is 11.1. The predicted octanol–water partition coefficient (Wildman–Crippen LogP) is 3.37. The highest BCUT2D eigenvalue weighted by molar-refractivity contribution is 7.12. The smallest absolute Gasteiger partial charge is 0.308 e. The van der Waals surface area contributed by atoms with Gasteiger partial charge in [0.25, 0.3) is 0 Å². The summed E-state index contributed by atoms with van der Waals surface area (Å²) in [6, 6.07) is 10.3. The summed E-state index contributed by atoms with van der Waals surface area (Å²) in [7, 11) is 0. The van der Waals surface area contributed by atoms with E-state index in [2.05, 4.69) is 5.32 Å². The normalized spacial score (nSPS) is 12.3. The van der Waals surface area contributed by atoms with Crippen molar-refractivity contribution in [3.8, 4) is 0 Å². The summed E-state index contributed by atoms with van der Waals surface area (Å²) in [6.45, 7) is 2.50. The van der Waals surface area contributed by atoms with Crippen molar-refractivity contribution in [1.29, 1.82) is 0 Å². The Morgan fingerprint density at radius 3 is 2.70 bits per heavy atom. The minimum Gasteiger partial charge on any atom is -0.481 e. The summed E-state index contributed by atoms with van der Waals surface area (Å²) in [5.74, 6) is -1.05. The number of hydrogen-bond donors (Lipinski definition) is 2. The molecule has 106 valence electrons. The Morgan fingerprint density at radius 1 is 1.30 bits per heavy atom. The van der Waals surface area contributed by atoms with Crippen LogP contribution in [0.4, 0.5) is 4.39 Å². The maximum Gasteiger partial charge on any atom is 0.308 e. The summed E-state index contributed by atoms with van der Waals surface area (Å²) < 4.78 is 13.6. The molecule has 2 N–H and O–H groups in total. The molecule has 1 atom stereocenters. The number of aliphatic carboxylic acids is 1. The average Bonchev–Trinajstić information content (AvgIpc) is 2.83. The average molecular weight is 293 g/mol. The SMILES string of the molecule is CC(NCc1ccc(CC(=O)O)s1)c1ccccc1F. The Balaban J connectivity index is 1.93. The molecule has 2 aromatic rings. The molecule has 1 unspecified atom stereocenters. The molecule has 1 heterocycles. The van der Waals surface area contributed by atoms with Crippen LogP contribution in [-0.2, 0) is 17.8 Å². The largest absolute Gasteiger partial charge is 0.481 e. The van der Waals surface area contributed by atoms with Crippen molar-refractivity contribution < 1.29 is 14.3 Å². The lowest BCUT2D eigenvalue weighted by Gasteiger charge is -2.14. The molecular formula is C15H16FNO2S. The first-order chi connectivity index (χ1) is 9.56. The van der Waals surface area contributed by atoms with E-state index in [9.17, 15) is 9.18 Å². The van der Waals surface area contributed by atoms with Crippen LogP contribution in [0.15, 0.2) is 36.4 Å². The molecule has 0 aliphatic carbocycles. The van der Waals surface area contributed by atoms with Crippen molar-refractivity contribution in [2.45, 2.75) is 25.9 Å². The van der Waals surface area contributed by atoms with Crippen molar-refractivity contribution in [2.75, 3.05) is 0 Å². The molecule has 0 bridgehead atoms. The van der Waals surface area contributed by atoms with Gasteiger partial charge in [-0.2, -0.15) is 0 Å². The van der Waals surface area contributed by atoms with Crippen LogP contribution in [0.1, 0.15) is 28.3 Å². The van der Waals surface area contributed by atoms with Crippen LogP contribution >= 0.6 is 11.3 Å². The zero-order chi connectivity index (χ0) is 14.5. The molecule has 0 aliphatic rings. The van der Waals surface area contributed by atoms with Crippen LogP contribution < -0.4 is 5.32 Å². The molecule has 0 spiro atoms. The fourth-order valence-corrected chi connectivity index (χ4v) is 2.91. The number of carboxylic acids is 1. The van der Waals surface area contributed by atoms with Gasteiger partial charge >= 0.3 is 5.97 Å². The van der Waals surface area contributed by atoms with E-state index in [0.717, 1.165) is 9.75 Å². The first-order valence-corrected chi connectivity index (χ1v) is 7.15. The number of carbonyl (C=O) groups is 1. The van der Waals surface area contributed by atoms with Crippen LogP contribution in [-0.4, -0.2) is 11.1 Å². The topological polar surface area (TPSA) is 49.3 Å². The minimum atomic E-state index is -0.828. The third kappa shape index (κ3) is 3.88. The van der Waals surface area contributed by atoms with E-state index in [1.165, 1.54) is 17.4 Å². The number of carboxylic acid groups (broad SMARTS) is 1. The van der Waals surface area contributed by atoms with E-state index in [-0.39, 0.29) is 18.3 Å². The van der Waals surface area contributed by atoms with Crippen molar-refractivity contribution in [3.63, 3.8) is 0 Å². The fraction of sp³-hybridized carbons (Fsp3) is 0.267. The molecule has 1 aromatic heterocycles. The lowest BCUT2D eigenvalue weighted by molar-refractivity contribution is -0.136. The summed E-state index contributed by atoms with van der Waals surface area (Å²) in [5.41, 5.74) is 0.634. The molecule has 5 heteroatoms. The van der Waals surface area contributed by atoms with E-state index in [0.29, 0.717) is 12.1 Å². The molecular weight excluding hydrogens is 277 g/mol. The highest BCUT2D eigenvalue weighted by Gasteiger charge is 2.10. The number of nitrogens with one attached hydrogen (secondary N) is 1. The lowest BCUT2D eigenvalue weighted by atomic mass is 10.1. The van der Waals surface area contributed by atoms with E-state index in [1.54, 1.807) is 12.1 Å². The van der Waals surface area contributed by atoms with Gasteiger partial charge in [-0.3, -0.25) is 4.79 Å². The van der Waals surface area contributed by atoms with Gasteiger partial charge in [-0.1, -0.05) is 18.2 Å². The lowest BCUT2D eigenvalue weighted by Crippen LogP contribution is -2.18. The number of benzene rings is 1. The van der Waals surface area contributed by atoms with Gasteiger partial charge in [-0.05, 0) is 25.1 Å². The van der Waals surface area contributed by atoms with Gasteiger partial charge in [0.2, 0.25) is 0 Å². The van der Waals surface area contributed by atoms with Gasteiger partial charge in [0.1, 0.15) is 5.82 Å². The van der Waals surface area contributed by atoms with Crippen LogP contribution in [0.5, 0.6) is 0 Å². The van der Waals surface area contributed by atoms with E-state index >= 15 is 0 Å². The standard InChI is InChI=1S/C15H16FNO2S/c1-10(13-4-2-3-5-14(13)16)17-9-12-7-6-11(20-12)8-15(18)19/h2-7,10,17H,8-9H2,1H3,(H,18,19). The Bertz CT molecular complexity index is 597. The second-order valence-electron chi connectivity index (χ2n) is 4.56. The molecule has 1 aromatic carbocycles. The van der Waals surface area contributed by atoms with Gasteiger partial charge in [0, 0.05) is 27.9 Å². The van der Waals surface area contributed by atoms with Crippen molar-refractivity contribution >= 4 is 17.3 Å². The van der Waals surface area contributed by atoms with Gasteiger partial charge in [-0.15, -0.1) is 11.3 Å². The molecule has 0 amide bonds. The first kappa shape index (κ1) is 14.7. The number of hydrogen-bond acceptors (Lipinski definition) is 3. The summed E-state index contributed by atoms with van der Waals surface area (Å²) in [4.78, 5) is 12.5. The van der Waals surface area contributed by atoms with Gasteiger partial charge in [-0.25, -0.2) is 4.39 Å². The molecule has 0 aliphatic heterocycles. The third-order valence-electron chi connectivity index (χ3n) is 3.00. The van der Waals surface area contributed by atoms with Crippen molar-refractivity contribution in [2.24, 2.45) is 0 Å². The molecule has 0 saturated heterocycles. The quantitative estimate of drug-likeness (QED) is 0.858. The molecule has 0 saturated carbocycles. The maximum absolute atomic E-state index is 13.6. The monoisotopic (exact) mass is 293 g/mol. The van der Waals surface area contributed by atoms with Gasteiger partial charge in [0.15, 0.2) is 0 Å². The predicted molar refractivity (Wildman–Crippen MR) is 77.3 cm³/mol. The van der Waals surface area contributed by atoms with Gasteiger partial charge < -0.3 is 10.4 Å². The second-order valence-corrected chi connectivity index (χ2v) is 5.82. The van der Waals surface area contributed by atoms with Crippen LogP contribution in [0.25, 0.3) is 0 Å². The third-order valence-corrected chi connectivity index (χ3v) is 4.08. The molecule has 2 rings (SSSR count). The number of halogens is 1.